The van der Waals surface area contributed by atoms with Crippen molar-refractivity contribution in [2.75, 3.05) is 26.3 Å². The monoisotopic (exact) mass is 335 g/mol. The van der Waals surface area contributed by atoms with Gasteiger partial charge in [0.1, 0.15) is 5.24 Å². The summed E-state index contributed by atoms with van der Waals surface area (Å²) in [5.74, 6) is 0. The molecule has 0 bridgehead atoms. The average Bonchev–Trinajstić information content (AvgIpc) is 2.62. The highest BCUT2D eigenvalue weighted by atomic mass is 35.5. The molecule has 3 nitrogen and oxygen atoms in total. The Morgan fingerprint density at radius 3 is 1.82 bits per heavy atom. The van der Waals surface area contributed by atoms with Gasteiger partial charge in [-0.1, -0.05) is 72.3 Å². The second-order valence-electron chi connectivity index (χ2n) is 5.29. The molecule has 1 aliphatic rings. The Balaban J connectivity index is 2.05. The van der Waals surface area contributed by atoms with Crippen LogP contribution in [0.2, 0.25) is 0 Å². The van der Waals surface area contributed by atoms with Crippen LogP contribution in [-0.4, -0.2) is 36.4 Å². The second kappa shape index (κ2) is 6.97. The van der Waals surface area contributed by atoms with E-state index in [1.54, 1.807) is 0 Å². The molecule has 0 spiro atoms. The van der Waals surface area contributed by atoms with Crippen LogP contribution in [0.25, 0.3) is 0 Å². The van der Waals surface area contributed by atoms with Crippen molar-refractivity contribution in [2.45, 2.75) is 5.24 Å². The van der Waals surface area contributed by atoms with Gasteiger partial charge in [-0.25, -0.2) is 0 Å². The molecule has 1 heterocycles. The summed E-state index contributed by atoms with van der Waals surface area (Å²) < 4.78 is 19.4. The molecular weight excluding hydrogens is 317 g/mol. The fourth-order valence-electron chi connectivity index (χ4n) is 2.71. The summed E-state index contributed by atoms with van der Waals surface area (Å²) in [6.07, 6.45) is 0. The van der Waals surface area contributed by atoms with E-state index in [9.17, 15) is 4.57 Å². The number of nitrogens with zero attached hydrogens (tertiary/aromatic N) is 1. The molecule has 1 aliphatic heterocycles. The van der Waals surface area contributed by atoms with Crippen molar-refractivity contribution in [1.29, 1.82) is 0 Å². The van der Waals surface area contributed by atoms with E-state index in [4.69, 9.17) is 16.3 Å². The zero-order chi connectivity index (χ0) is 15.4. The Hall–Kier alpha value is -1.12. The molecule has 0 radical (unpaired) electrons. The first-order chi connectivity index (χ1) is 10.7. The number of hydrogen-bond donors (Lipinski definition) is 0. The first-order valence-electron chi connectivity index (χ1n) is 7.40. The number of benzene rings is 2. The Labute approximate surface area is 136 Å². The molecule has 0 amide bonds. The van der Waals surface area contributed by atoms with Crippen LogP contribution in [0, 0.1) is 0 Å². The second-order valence-corrected chi connectivity index (χ2v) is 8.84. The average molecular weight is 336 g/mol. The van der Waals surface area contributed by atoms with Crippen molar-refractivity contribution in [3.8, 4) is 0 Å². The summed E-state index contributed by atoms with van der Waals surface area (Å²) in [7, 11) is -2.95. The quantitative estimate of drug-likeness (QED) is 0.489. The Morgan fingerprint density at radius 2 is 1.36 bits per heavy atom. The first kappa shape index (κ1) is 15.8. The van der Waals surface area contributed by atoms with Crippen molar-refractivity contribution in [1.82, 2.24) is 4.90 Å². The Morgan fingerprint density at radius 1 is 0.909 bits per heavy atom. The lowest BCUT2D eigenvalue weighted by Crippen LogP contribution is -2.43. The van der Waals surface area contributed by atoms with E-state index in [0.717, 1.165) is 10.6 Å². The highest BCUT2D eigenvalue weighted by Gasteiger charge is 2.39. The fraction of sp³-hybridized carbons (Fsp3) is 0.294. The molecule has 0 saturated carbocycles. The minimum Gasteiger partial charge on any atom is -0.379 e. The van der Waals surface area contributed by atoms with Crippen molar-refractivity contribution in [3.05, 3.63) is 60.7 Å². The van der Waals surface area contributed by atoms with Crippen LogP contribution < -0.4 is 10.6 Å². The minimum atomic E-state index is -2.95. The number of alkyl halides is 1. The zero-order valence-corrected chi connectivity index (χ0v) is 13.9. The van der Waals surface area contributed by atoms with Gasteiger partial charge in [0, 0.05) is 23.7 Å². The van der Waals surface area contributed by atoms with Gasteiger partial charge in [-0.05, 0) is 0 Å². The molecule has 3 rings (SSSR count). The third-order valence-electron chi connectivity index (χ3n) is 3.93. The maximum absolute atomic E-state index is 14.0. The third kappa shape index (κ3) is 3.00. The van der Waals surface area contributed by atoms with Crippen LogP contribution in [0.1, 0.15) is 0 Å². The normalized spacial score (nSPS) is 18.0. The van der Waals surface area contributed by atoms with Gasteiger partial charge in [-0.15, -0.1) is 0 Å². The van der Waals surface area contributed by atoms with Gasteiger partial charge in [0.25, 0.3) is 0 Å². The molecule has 1 atom stereocenters. The molecule has 1 unspecified atom stereocenters. The largest absolute Gasteiger partial charge is 0.379 e. The molecule has 5 heteroatoms. The number of halogens is 1. The van der Waals surface area contributed by atoms with Gasteiger partial charge in [-0.2, -0.15) is 0 Å². The van der Waals surface area contributed by atoms with E-state index in [0.29, 0.717) is 26.3 Å². The standard InChI is InChI=1S/C17H19ClNO2P/c18-17(19-11-13-21-14-12-19)22(20,15-7-3-1-4-8-15)16-9-5-2-6-10-16/h1-10,17H,11-14H2. The van der Waals surface area contributed by atoms with E-state index >= 15 is 0 Å². The van der Waals surface area contributed by atoms with Crippen LogP contribution >= 0.6 is 18.7 Å². The molecule has 2 aromatic rings. The predicted octanol–water partition coefficient (Wildman–Crippen LogP) is 2.86. The van der Waals surface area contributed by atoms with Gasteiger partial charge in [0.15, 0.2) is 7.14 Å². The molecule has 0 aromatic heterocycles. The van der Waals surface area contributed by atoms with Gasteiger partial charge < -0.3 is 9.30 Å². The van der Waals surface area contributed by atoms with E-state index in [1.165, 1.54) is 0 Å². The zero-order valence-electron chi connectivity index (χ0n) is 12.3. The van der Waals surface area contributed by atoms with E-state index in [1.807, 2.05) is 60.7 Å². The summed E-state index contributed by atoms with van der Waals surface area (Å²) in [6, 6.07) is 19.1. The van der Waals surface area contributed by atoms with Gasteiger partial charge >= 0.3 is 0 Å². The maximum atomic E-state index is 14.0. The topological polar surface area (TPSA) is 29.5 Å². The molecule has 2 aromatic carbocycles. The number of morpholine rings is 1. The van der Waals surface area contributed by atoms with Crippen LogP contribution in [0.3, 0.4) is 0 Å². The van der Waals surface area contributed by atoms with Crippen molar-refractivity contribution >= 4 is 29.4 Å². The Bertz CT molecular complexity index is 601. The SMILES string of the molecule is O=P(c1ccccc1)(c1ccccc1)C(Cl)N1CCOCC1. The van der Waals surface area contributed by atoms with Crippen LogP contribution in [0.4, 0.5) is 0 Å². The third-order valence-corrected chi connectivity index (χ3v) is 8.08. The predicted molar refractivity (Wildman–Crippen MR) is 91.8 cm³/mol. The van der Waals surface area contributed by atoms with Crippen molar-refractivity contribution < 1.29 is 9.30 Å². The summed E-state index contributed by atoms with van der Waals surface area (Å²) in [5.41, 5.74) is 0. The minimum absolute atomic E-state index is 0.554. The molecule has 1 saturated heterocycles. The summed E-state index contributed by atoms with van der Waals surface area (Å²) >= 11 is 6.74. The fourth-order valence-corrected chi connectivity index (χ4v) is 6.30. The van der Waals surface area contributed by atoms with Gasteiger partial charge in [-0.3, -0.25) is 4.90 Å². The lowest BCUT2D eigenvalue weighted by atomic mass is 10.4. The van der Waals surface area contributed by atoms with Gasteiger partial charge in [0.2, 0.25) is 0 Å². The highest BCUT2D eigenvalue weighted by Crippen LogP contribution is 2.51. The molecule has 1 fully saturated rings. The molecule has 0 aliphatic carbocycles. The van der Waals surface area contributed by atoms with Crippen LogP contribution in [-0.2, 0) is 9.30 Å². The number of rotatable bonds is 4. The molecule has 0 N–H and O–H groups in total. The van der Waals surface area contributed by atoms with Crippen molar-refractivity contribution in [2.24, 2.45) is 0 Å². The lowest BCUT2D eigenvalue weighted by molar-refractivity contribution is 0.0414. The first-order valence-corrected chi connectivity index (χ1v) is 9.61. The number of hydrogen-bond acceptors (Lipinski definition) is 3. The number of ether oxygens (including phenoxy) is 1. The van der Waals surface area contributed by atoms with E-state index < -0.39 is 12.4 Å². The maximum Gasteiger partial charge on any atom is 0.174 e. The van der Waals surface area contributed by atoms with E-state index in [2.05, 4.69) is 4.90 Å². The smallest absolute Gasteiger partial charge is 0.174 e. The van der Waals surface area contributed by atoms with Crippen LogP contribution in [0.15, 0.2) is 60.7 Å². The van der Waals surface area contributed by atoms with Crippen LogP contribution in [0.5, 0.6) is 0 Å². The van der Waals surface area contributed by atoms with E-state index in [-0.39, 0.29) is 0 Å². The summed E-state index contributed by atoms with van der Waals surface area (Å²) in [4.78, 5) is 2.06. The van der Waals surface area contributed by atoms with Gasteiger partial charge in [0.05, 0.1) is 13.2 Å². The molecule has 22 heavy (non-hydrogen) atoms. The highest BCUT2D eigenvalue weighted by molar-refractivity contribution is 7.80. The summed E-state index contributed by atoms with van der Waals surface area (Å²) in [6.45, 7) is 2.68. The molecular formula is C17H19ClNO2P. The molecule has 116 valence electrons. The Kier molecular flexibility index (Phi) is 5.00. The lowest BCUT2D eigenvalue weighted by Gasteiger charge is -2.35. The summed E-state index contributed by atoms with van der Waals surface area (Å²) in [5, 5.41) is 1.04. The van der Waals surface area contributed by atoms with Crippen molar-refractivity contribution in [3.63, 3.8) is 0 Å².